The van der Waals surface area contributed by atoms with Gasteiger partial charge in [-0.05, 0) is 6.07 Å². The van der Waals surface area contributed by atoms with E-state index in [2.05, 4.69) is 12.2 Å². The molecule has 0 aromatic carbocycles. The molecule has 1 rings (SSSR count). The molecule has 0 bridgehead atoms. The van der Waals surface area contributed by atoms with Gasteiger partial charge in [0.2, 0.25) is 0 Å². The Balaban J connectivity index is 2.77. The predicted molar refractivity (Wildman–Crippen MR) is 51.5 cm³/mol. The zero-order valence-electron chi connectivity index (χ0n) is 6.02. The van der Waals surface area contributed by atoms with Crippen molar-refractivity contribution in [3.8, 4) is 0 Å². The molecule has 0 aliphatic heterocycles. The summed E-state index contributed by atoms with van der Waals surface area (Å²) in [4.78, 5) is 11.0. The number of rotatable bonds is 3. The van der Waals surface area contributed by atoms with E-state index in [-0.39, 0.29) is 5.00 Å². The summed E-state index contributed by atoms with van der Waals surface area (Å²) >= 11 is 5.77. The average Bonchev–Trinajstić information content (AvgIpc) is 2.34. The molecular formula is C6H6N2O2S2. The summed E-state index contributed by atoms with van der Waals surface area (Å²) in [5.74, 6) is 0. The Morgan fingerprint density at radius 1 is 1.75 bits per heavy atom. The molecule has 0 fully saturated rings. The quantitative estimate of drug-likeness (QED) is 0.458. The highest BCUT2D eigenvalue weighted by Crippen LogP contribution is 2.23. The van der Waals surface area contributed by atoms with E-state index in [1.54, 1.807) is 6.07 Å². The molecule has 0 saturated heterocycles. The van der Waals surface area contributed by atoms with Crippen LogP contribution < -0.4 is 5.73 Å². The summed E-state index contributed by atoms with van der Waals surface area (Å²) in [6.07, 6.45) is 0.438. The average molecular weight is 202 g/mol. The Labute approximate surface area is 78.2 Å². The van der Waals surface area contributed by atoms with Crippen molar-refractivity contribution in [2.45, 2.75) is 6.42 Å². The molecule has 2 N–H and O–H groups in total. The van der Waals surface area contributed by atoms with E-state index in [0.29, 0.717) is 11.4 Å². The first-order chi connectivity index (χ1) is 5.59. The highest BCUT2D eigenvalue weighted by Gasteiger charge is 2.09. The lowest BCUT2D eigenvalue weighted by Crippen LogP contribution is -2.09. The number of hydrogen-bond acceptors (Lipinski definition) is 4. The van der Waals surface area contributed by atoms with E-state index in [1.165, 1.54) is 6.07 Å². The Morgan fingerprint density at radius 2 is 2.42 bits per heavy atom. The van der Waals surface area contributed by atoms with Crippen LogP contribution in [0.3, 0.4) is 0 Å². The van der Waals surface area contributed by atoms with Gasteiger partial charge in [0.15, 0.2) is 0 Å². The number of nitro groups is 1. The summed E-state index contributed by atoms with van der Waals surface area (Å²) in [6.45, 7) is 0. The van der Waals surface area contributed by atoms with Gasteiger partial charge in [0, 0.05) is 17.4 Å². The van der Waals surface area contributed by atoms with Gasteiger partial charge in [0.25, 0.3) is 0 Å². The first kappa shape index (κ1) is 9.08. The van der Waals surface area contributed by atoms with Gasteiger partial charge < -0.3 is 5.73 Å². The molecule has 4 nitrogen and oxygen atoms in total. The number of nitrogens with zero attached hydrogens (tertiary/aromatic N) is 1. The smallest absolute Gasteiger partial charge is 0.324 e. The third kappa shape index (κ3) is 2.24. The second-order valence-electron chi connectivity index (χ2n) is 2.14. The van der Waals surface area contributed by atoms with Crippen molar-refractivity contribution in [1.29, 1.82) is 0 Å². The lowest BCUT2D eigenvalue weighted by molar-refractivity contribution is -0.380. The van der Waals surface area contributed by atoms with Crippen LogP contribution in [-0.4, -0.2) is 9.91 Å². The lowest BCUT2D eigenvalue weighted by atomic mass is 10.3. The van der Waals surface area contributed by atoms with Crippen LogP contribution in [0.4, 0.5) is 5.00 Å². The highest BCUT2D eigenvalue weighted by molar-refractivity contribution is 7.80. The summed E-state index contributed by atoms with van der Waals surface area (Å²) in [5, 5.41) is 10.4. The molecule has 1 aromatic heterocycles. The van der Waals surface area contributed by atoms with Gasteiger partial charge >= 0.3 is 5.00 Å². The summed E-state index contributed by atoms with van der Waals surface area (Å²) in [5.41, 5.74) is 5.28. The third-order valence-corrected chi connectivity index (χ3v) is 2.36. The topological polar surface area (TPSA) is 69.2 Å². The van der Waals surface area contributed by atoms with Crippen LogP contribution in [0.2, 0.25) is 0 Å². The van der Waals surface area contributed by atoms with Crippen LogP contribution in [0.1, 0.15) is 4.88 Å². The van der Waals surface area contributed by atoms with E-state index in [4.69, 9.17) is 5.73 Å². The van der Waals surface area contributed by atoms with Crippen molar-refractivity contribution in [2.75, 3.05) is 0 Å². The van der Waals surface area contributed by atoms with E-state index in [9.17, 15) is 10.1 Å². The normalized spacial score (nSPS) is 9.67. The molecule has 0 atom stereocenters. The summed E-state index contributed by atoms with van der Waals surface area (Å²) in [7, 11) is 0. The van der Waals surface area contributed by atoms with E-state index in [1.807, 2.05) is 0 Å². The number of hydrogen-bond donors (Lipinski definition) is 1. The maximum absolute atomic E-state index is 10.3. The predicted octanol–water partition coefficient (Wildman–Crippen LogP) is 1.48. The van der Waals surface area contributed by atoms with Crippen molar-refractivity contribution < 1.29 is 4.92 Å². The molecule has 0 spiro atoms. The summed E-state index contributed by atoms with van der Waals surface area (Å²) in [6, 6.07) is 3.13. The Hall–Kier alpha value is -1.01. The molecule has 0 aliphatic carbocycles. The van der Waals surface area contributed by atoms with E-state index < -0.39 is 4.92 Å². The highest BCUT2D eigenvalue weighted by atomic mass is 32.1. The second kappa shape index (κ2) is 3.59. The van der Waals surface area contributed by atoms with Gasteiger partial charge in [-0.15, -0.1) is 0 Å². The minimum Gasteiger partial charge on any atom is -0.393 e. The first-order valence-electron chi connectivity index (χ1n) is 3.11. The van der Waals surface area contributed by atoms with Crippen LogP contribution in [0.25, 0.3) is 0 Å². The van der Waals surface area contributed by atoms with Gasteiger partial charge in [-0.1, -0.05) is 23.6 Å². The minimum atomic E-state index is -0.423. The van der Waals surface area contributed by atoms with Gasteiger partial charge in [-0.25, -0.2) is 0 Å². The molecule has 6 heteroatoms. The van der Waals surface area contributed by atoms with Crippen LogP contribution in [0.15, 0.2) is 12.1 Å². The monoisotopic (exact) mass is 202 g/mol. The molecule has 12 heavy (non-hydrogen) atoms. The van der Waals surface area contributed by atoms with Gasteiger partial charge in [0.1, 0.15) is 0 Å². The standard InChI is InChI=1S/C6H6N2O2S2/c7-5(11)3-4-1-2-6(12-4)8(9)10/h1-2H,3H2,(H2,7,11). The van der Waals surface area contributed by atoms with Crippen molar-refractivity contribution in [3.63, 3.8) is 0 Å². The molecule has 0 radical (unpaired) electrons. The van der Waals surface area contributed by atoms with E-state index in [0.717, 1.165) is 16.2 Å². The fourth-order valence-electron chi connectivity index (χ4n) is 0.731. The number of nitrogens with two attached hydrogens (primary N) is 1. The van der Waals surface area contributed by atoms with Crippen molar-refractivity contribution in [3.05, 3.63) is 27.1 Å². The summed E-state index contributed by atoms with van der Waals surface area (Å²) < 4.78 is 0. The first-order valence-corrected chi connectivity index (χ1v) is 4.33. The SMILES string of the molecule is NC(=S)Cc1ccc([N+](=O)[O-])s1. The zero-order chi connectivity index (χ0) is 9.14. The number of thiophene rings is 1. The van der Waals surface area contributed by atoms with E-state index >= 15 is 0 Å². The maximum atomic E-state index is 10.3. The molecule has 0 aliphatic rings. The lowest BCUT2D eigenvalue weighted by Gasteiger charge is -1.89. The molecule has 64 valence electrons. The van der Waals surface area contributed by atoms with Gasteiger partial charge in [-0.2, -0.15) is 0 Å². The number of thiocarbonyl (C=S) groups is 1. The molecule has 0 unspecified atom stereocenters. The molecule has 0 saturated carbocycles. The maximum Gasteiger partial charge on any atom is 0.324 e. The second-order valence-corrected chi connectivity index (χ2v) is 3.81. The van der Waals surface area contributed by atoms with Crippen LogP contribution in [0, 0.1) is 10.1 Å². The van der Waals surface area contributed by atoms with Gasteiger partial charge in [-0.3, -0.25) is 10.1 Å². The molecular weight excluding hydrogens is 196 g/mol. The minimum absolute atomic E-state index is 0.126. The molecule has 0 amide bonds. The van der Waals surface area contributed by atoms with Crippen LogP contribution >= 0.6 is 23.6 Å². The zero-order valence-corrected chi connectivity index (χ0v) is 7.65. The van der Waals surface area contributed by atoms with Crippen LogP contribution in [0.5, 0.6) is 0 Å². The third-order valence-electron chi connectivity index (χ3n) is 1.18. The van der Waals surface area contributed by atoms with Crippen molar-refractivity contribution in [2.24, 2.45) is 5.73 Å². The Morgan fingerprint density at radius 3 is 2.83 bits per heavy atom. The largest absolute Gasteiger partial charge is 0.393 e. The fourth-order valence-corrected chi connectivity index (χ4v) is 1.82. The Kier molecular flexibility index (Phi) is 2.72. The van der Waals surface area contributed by atoms with Crippen molar-refractivity contribution >= 4 is 33.5 Å². The fraction of sp³-hybridized carbons (Fsp3) is 0.167. The van der Waals surface area contributed by atoms with Crippen LogP contribution in [-0.2, 0) is 6.42 Å². The van der Waals surface area contributed by atoms with Gasteiger partial charge in [0.05, 0.1) is 9.91 Å². The molecule has 1 aromatic rings. The van der Waals surface area contributed by atoms with Crippen molar-refractivity contribution in [1.82, 2.24) is 0 Å². The molecule has 1 heterocycles. The Bertz CT molecular complexity index is 321.